The van der Waals surface area contributed by atoms with Crippen molar-refractivity contribution in [3.8, 4) is 23.0 Å². The van der Waals surface area contributed by atoms with Crippen LogP contribution in [0, 0.1) is 13.8 Å². The lowest BCUT2D eigenvalue weighted by Gasteiger charge is -2.11. The second-order valence-corrected chi connectivity index (χ2v) is 23.5. The summed E-state index contributed by atoms with van der Waals surface area (Å²) in [4.78, 5) is 42.2. The van der Waals surface area contributed by atoms with Crippen LogP contribution in [0.4, 0.5) is 45.3 Å². The molecule has 25 nitrogen and oxygen atoms in total. The predicted molar refractivity (Wildman–Crippen MR) is 318 cm³/mol. The number of nitrogens with one attached hydrogen (secondary N) is 1. The van der Waals surface area contributed by atoms with Crippen molar-refractivity contribution >= 4 is 70.0 Å². The second-order valence-electron chi connectivity index (χ2n) is 18.7. The van der Waals surface area contributed by atoms with Gasteiger partial charge in [0, 0.05) is 23.5 Å². The predicted octanol–water partition coefficient (Wildman–Crippen LogP) is 8.83. The highest BCUT2D eigenvalue weighted by molar-refractivity contribution is 8.00. The van der Waals surface area contributed by atoms with E-state index in [1.54, 1.807) is 86.4 Å². The lowest BCUT2D eigenvalue weighted by atomic mass is 10.2. The number of aryl methyl sites for hydroxylation is 2. The number of nitrogens with two attached hydrogens (primary N) is 1. The number of nitrogen functional groups attached to an aromatic ring is 1. The van der Waals surface area contributed by atoms with Gasteiger partial charge in [0.1, 0.15) is 40.9 Å². The largest absolute Gasteiger partial charge is 0.534 e. The van der Waals surface area contributed by atoms with Crippen LogP contribution in [0.25, 0.3) is 22.1 Å². The van der Waals surface area contributed by atoms with Crippen LogP contribution < -0.4 is 29.6 Å². The molecule has 5 aromatic heterocycles. The number of methoxy groups -OCH3 is 3. The molecule has 3 aromatic carbocycles. The van der Waals surface area contributed by atoms with Crippen LogP contribution in [0.1, 0.15) is 62.2 Å². The summed E-state index contributed by atoms with van der Waals surface area (Å²) in [5.41, 5.74) is -7.17. The molecule has 0 unspecified atom stereocenters. The second kappa shape index (κ2) is 34.0. The van der Waals surface area contributed by atoms with E-state index in [9.17, 15) is 79.2 Å². The van der Waals surface area contributed by atoms with Gasteiger partial charge in [-0.3, -0.25) is 14.4 Å². The first-order valence-corrected chi connectivity index (χ1v) is 30.7. The van der Waals surface area contributed by atoms with E-state index in [1.165, 1.54) is 24.7 Å². The SMILES string of the molecule is CCN(C)CC.CCOC(=O)CC(C)=O.COc1ccc(Cn2ncc3c(=O)cc(C)[nH]c32)cc1.COc1ccc(Cn2ncc3c(OS(=O)(=O)C(F)(F)F)cc(C)nc32)cc1.COc1ccc(Cn2nccc2N)cc1.O=S(=O)(OS(=O)(=O)C(F)(F)F)C(F)(F)F. The van der Waals surface area contributed by atoms with Crippen molar-refractivity contribution in [2.45, 2.75) is 84.1 Å². The maximum absolute atomic E-state index is 12.6. The van der Waals surface area contributed by atoms with Crippen LogP contribution in [0.15, 0.2) is 114 Å². The minimum atomic E-state index is -6.85. The molecule has 0 radical (unpaired) electrons. The van der Waals surface area contributed by atoms with Crippen molar-refractivity contribution in [2.24, 2.45) is 0 Å². The van der Waals surface area contributed by atoms with Gasteiger partial charge in [-0.15, -0.1) is 3.63 Å². The molecule has 0 atom stereocenters. The molecule has 0 bridgehead atoms. The van der Waals surface area contributed by atoms with Gasteiger partial charge in [-0.2, -0.15) is 80.1 Å². The molecular weight excluding hydrogens is 1310 g/mol. The molecule has 3 N–H and O–H groups in total. The summed E-state index contributed by atoms with van der Waals surface area (Å²) in [6, 6.07) is 27.2. The van der Waals surface area contributed by atoms with E-state index in [0.717, 1.165) is 58.7 Å². The van der Waals surface area contributed by atoms with E-state index in [0.29, 0.717) is 36.6 Å². The molecule has 0 saturated carbocycles. The Labute approximate surface area is 522 Å². The molecule has 0 aliphatic carbocycles. The van der Waals surface area contributed by atoms with Crippen LogP contribution in [-0.2, 0) is 67.9 Å². The third-order valence-electron chi connectivity index (χ3n) is 11.7. The summed E-state index contributed by atoms with van der Waals surface area (Å²) >= 11 is 0. The Balaban J connectivity index is 0.000000305. The number of pyridine rings is 2. The summed E-state index contributed by atoms with van der Waals surface area (Å²) < 4.78 is 200. The Kier molecular flexibility index (Phi) is 28.6. The molecule has 5 heterocycles. The van der Waals surface area contributed by atoms with Crippen molar-refractivity contribution in [1.82, 2.24) is 44.2 Å². The number of ketones is 1. The van der Waals surface area contributed by atoms with E-state index in [-0.39, 0.29) is 40.9 Å². The Morgan fingerprint density at radius 3 is 1.41 bits per heavy atom. The normalized spacial score (nSPS) is 11.7. The topological polar surface area (TPSA) is 320 Å². The van der Waals surface area contributed by atoms with Gasteiger partial charge in [-0.25, -0.2) is 19.0 Å². The molecule has 37 heteroatoms. The number of carbonyl (C=O) groups excluding carboxylic acids is 2. The summed E-state index contributed by atoms with van der Waals surface area (Å²) in [7, 11) is -12.5. The quantitative estimate of drug-likeness (QED) is 0.0266. The number of aromatic amines is 1. The average Bonchev–Trinajstić information content (AvgIpc) is 1.58. The van der Waals surface area contributed by atoms with Crippen molar-refractivity contribution in [3.63, 3.8) is 0 Å². The highest BCUT2D eigenvalue weighted by atomic mass is 32.3. The minimum absolute atomic E-state index is 0.00256. The third-order valence-corrected chi connectivity index (χ3v) is 15.2. The number of alkyl halides is 9. The van der Waals surface area contributed by atoms with Crippen molar-refractivity contribution in [2.75, 3.05) is 53.8 Å². The number of H-pyrrole nitrogens is 1. The Morgan fingerprint density at radius 1 is 0.609 bits per heavy atom. The lowest BCUT2D eigenvalue weighted by molar-refractivity contribution is -0.145. The first-order chi connectivity index (χ1) is 42.7. The zero-order valence-corrected chi connectivity index (χ0v) is 53.2. The first kappa shape index (κ1) is 77.4. The molecule has 8 rings (SSSR count). The molecule has 0 aliphatic heterocycles. The highest BCUT2D eigenvalue weighted by Gasteiger charge is 2.57. The molecule has 0 fully saturated rings. The van der Waals surface area contributed by atoms with E-state index < -0.39 is 58.6 Å². The van der Waals surface area contributed by atoms with Gasteiger partial charge in [0.2, 0.25) is 0 Å². The molecular formula is C55H65F9N10O15S3. The molecule has 0 spiro atoms. The summed E-state index contributed by atoms with van der Waals surface area (Å²) in [5, 5.41) is 13.2. The van der Waals surface area contributed by atoms with Crippen molar-refractivity contribution < 1.29 is 101 Å². The van der Waals surface area contributed by atoms with Crippen LogP contribution in [0.3, 0.4) is 0 Å². The fourth-order valence-corrected chi connectivity index (χ4v) is 8.85. The van der Waals surface area contributed by atoms with Gasteiger partial charge in [-0.05, 0) is 107 Å². The van der Waals surface area contributed by atoms with E-state index in [1.807, 2.05) is 59.1 Å². The van der Waals surface area contributed by atoms with Gasteiger partial charge in [0.05, 0.1) is 76.9 Å². The maximum atomic E-state index is 12.6. The number of fused-ring (bicyclic) bond motifs is 2. The van der Waals surface area contributed by atoms with Crippen molar-refractivity contribution in [1.29, 1.82) is 0 Å². The number of esters is 1. The number of benzene rings is 3. The van der Waals surface area contributed by atoms with E-state index in [2.05, 4.69) is 60.0 Å². The minimum Gasteiger partial charge on any atom is -0.497 e. The zero-order valence-electron chi connectivity index (χ0n) is 50.7. The first-order valence-electron chi connectivity index (χ1n) is 26.5. The molecule has 0 aliphatic rings. The highest BCUT2D eigenvalue weighted by Crippen LogP contribution is 2.34. The number of halogens is 9. The van der Waals surface area contributed by atoms with Gasteiger partial charge < -0.3 is 38.7 Å². The standard InChI is InChI=1S/C16H14F3N3O4S.C15H15N3O2.C11H13N3O.C6H10O3.C5H13N.C2F6O5S2/c1-10-7-14(26-27(23,24)16(17,18)19)13-8-20-22(15(13)21-10)9-11-3-5-12(25-2)6-4-11;1-10-7-14(19)13-8-16-18(15(13)17-10)9-11-3-5-12(20-2)6-4-11;1-15-10-4-2-9(3-5-10)8-14-11(12)6-7-13-14;1-3-9-6(8)4-5(2)7;1-4-6(3)5-2;3-1(4,5)14(9,10)13-15(11,12)2(6,7)8/h3-8H,9H2,1-2H3;3-8H,9H2,1-2H3,(H,17,19);2-7H,8,12H2,1H3;3-4H2,1-2H3;4-5H2,1-3H3;. The summed E-state index contributed by atoms with van der Waals surface area (Å²) in [5.74, 6) is 1.95. The van der Waals surface area contributed by atoms with E-state index >= 15 is 0 Å². The maximum Gasteiger partial charge on any atom is 0.534 e. The van der Waals surface area contributed by atoms with Crippen LogP contribution in [0.5, 0.6) is 23.0 Å². The number of Topliss-reactive ketones (excluding diaryl/α,β-unsaturated/α-hetero) is 1. The van der Waals surface area contributed by atoms with Crippen molar-refractivity contribution in [3.05, 3.63) is 148 Å². The average molecular weight is 1370 g/mol. The summed E-state index contributed by atoms with van der Waals surface area (Å²) in [6.07, 6.45) is 4.41. The Morgan fingerprint density at radius 2 is 1.03 bits per heavy atom. The summed E-state index contributed by atoms with van der Waals surface area (Å²) in [6.45, 7) is 15.0. The lowest BCUT2D eigenvalue weighted by Crippen LogP contribution is -2.34. The number of ether oxygens (including phenoxy) is 4. The fourth-order valence-electron chi connectivity index (χ4n) is 6.82. The van der Waals surface area contributed by atoms with Gasteiger partial charge in [-0.1, -0.05) is 50.2 Å². The number of anilines is 1. The molecule has 92 heavy (non-hydrogen) atoms. The molecule has 0 amide bonds. The molecule has 506 valence electrons. The van der Waals surface area contributed by atoms with Gasteiger partial charge in [0.25, 0.3) is 0 Å². The van der Waals surface area contributed by atoms with Crippen LogP contribution in [-0.4, -0.2) is 146 Å². The number of carbonyl (C=O) groups is 2. The van der Waals surface area contributed by atoms with Crippen LogP contribution in [0.2, 0.25) is 0 Å². The third kappa shape index (κ3) is 23.8. The van der Waals surface area contributed by atoms with E-state index in [4.69, 9.17) is 19.9 Å². The zero-order chi connectivity index (χ0) is 69.6. The van der Waals surface area contributed by atoms with Crippen LogP contribution >= 0.6 is 0 Å². The number of rotatable bonds is 18. The number of hydrogen-bond acceptors (Lipinski definition) is 21. The monoisotopic (exact) mass is 1370 g/mol. The fraction of sp³-hybridized carbons (Fsp3) is 0.364. The Bertz CT molecular complexity index is 4040. The smallest absolute Gasteiger partial charge is 0.497 e. The van der Waals surface area contributed by atoms with Gasteiger partial charge in [0.15, 0.2) is 16.8 Å². The molecule has 8 aromatic rings. The number of nitrogens with zero attached hydrogens (tertiary/aromatic N) is 8. The molecule has 0 saturated heterocycles. The Hall–Kier alpha value is -8.81. The van der Waals surface area contributed by atoms with Gasteiger partial charge >= 0.3 is 52.8 Å². The number of hydrogen-bond donors (Lipinski definition) is 2. The number of aromatic nitrogens is 8.